The van der Waals surface area contributed by atoms with Gasteiger partial charge < -0.3 is 19.1 Å². The molecule has 35 heavy (non-hydrogen) atoms. The Hall–Kier alpha value is -3.72. The van der Waals surface area contributed by atoms with Crippen LogP contribution in [0.3, 0.4) is 0 Å². The van der Waals surface area contributed by atoms with E-state index < -0.39 is 5.60 Å². The number of ether oxygens (including phenoxy) is 1. The Morgan fingerprint density at radius 2 is 1.86 bits per heavy atom. The van der Waals surface area contributed by atoms with Crippen molar-refractivity contribution < 1.29 is 9.53 Å². The average molecular weight is 470 g/mol. The third kappa shape index (κ3) is 3.11. The molecule has 0 radical (unpaired) electrons. The highest BCUT2D eigenvalue weighted by Crippen LogP contribution is 2.47. The highest BCUT2D eigenvalue weighted by atomic mass is 16.6. The molecule has 4 aromatic rings. The van der Waals surface area contributed by atoms with Crippen LogP contribution in [0.4, 0.5) is 5.82 Å². The molecule has 3 aliphatic rings. The van der Waals surface area contributed by atoms with Gasteiger partial charge in [0.25, 0.3) is 5.91 Å². The number of nitrogens with zero attached hydrogens (tertiary/aromatic N) is 7. The van der Waals surface area contributed by atoms with Gasteiger partial charge in [0.15, 0.2) is 11.2 Å². The number of aryl methyl sites for hydroxylation is 1. The van der Waals surface area contributed by atoms with Crippen molar-refractivity contribution in [3.05, 3.63) is 66.9 Å². The summed E-state index contributed by atoms with van der Waals surface area (Å²) >= 11 is 0. The monoisotopic (exact) mass is 469 g/mol. The fourth-order valence-electron chi connectivity index (χ4n) is 6.03. The molecule has 3 fully saturated rings. The summed E-state index contributed by atoms with van der Waals surface area (Å²) in [5.41, 5.74) is 3.07. The van der Waals surface area contributed by atoms with E-state index in [0.717, 1.165) is 48.7 Å². The van der Waals surface area contributed by atoms with Crippen LogP contribution in [0.15, 0.2) is 61.3 Å². The van der Waals surface area contributed by atoms with Gasteiger partial charge in [-0.15, -0.1) is 0 Å². The van der Waals surface area contributed by atoms with Gasteiger partial charge in [0.05, 0.1) is 18.1 Å². The first-order valence-corrected chi connectivity index (χ1v) is 12.2. The first-order chi connectivity index (χ1) is 17.1. The maximum atomic E-state index is 13.7. The summed E-state index contributed by atoms with van der Waals surface area (Å²) in [6.07, 6.45) is 8.41. The number of carbonyl (C=O) groups is 1. The molecule has 0 saturated carbocycles. The summed E-state index contributed by atoms with van der Waals surface area (Å²) in [7, 11) is 1.95. The van der Waals surface area contributed by atoms with Crippen LogP contribution >= 0.6 is 0 Å². The molecule has 3 aliphatic heterocycles. The van der Waals surface area contributed by atoms with E-state index >= 15 is 0 Å². The lowest BCUT2D eigenvalue weighted by Gasteiger charge is -2.38. The molecule has 1 spiro atoms. The second-order valence-corrected chi connectivity index (χ2v) is 9.80. The molecule has 3 aromatic heterocycles. The van der Waals surface area contributed by atoms with Crippen LogP contribution in [0.1, 0.15) is 37.3 Å². The zero-order valence-electron chi connectivity index (χ0n) is 19.6. The van der Waals surface area contributed by atoms with Crippen molar-refractivity contribution in [2.24, 2.45) is 7.05 Å². The van der Waals surface area contributed by atoms with Gasteiger partial charge in [0.2, 0.25) is 0 Å². The molecule has 178 valence electrons. The number of aromatic nitrogens is 5. The lowest BCUT2D eigenvalue weighted by molar-refractivity contribution is -0.140. The zero-order valence-corrected chi connectivity index (χ0v) is 19.6. The quantitative estimate of drug-likeness (QED) is 0.459. The van der Waals surface area contributed by atoms with Crippen LogP contribution in [0.5, 0.6) is 0 Å². The maximum absolute atomic E-state index is 13.7. The van der Waals surface area contributed by atoms with Gasteiger partial charge in [-0.1, -0.05) is 30.3 Å². The SMILES string of the molecule is Cn1cnc(-c2ccc(N3CCC4(CC3)O[C@@H]3CC[C@@H](c5ccccc5)N3C4=O)n3ncnc23)c1. The number of anilines is 1. The molecule has 0 N–H and O–H groups in total. The number of pyridine rings is 1. The largest absolute Gasteiger partial charge is 0.356 e. The average Bonchev–Trinajstić information content (AvgIpc) is 3.67. The van der Waals surface area contributed by atoms with E-state index in [1.165, 1.54) is 5.56 Å². The summed E-state index contributed by atoms with van der Waals surface area (Å²) in [5.74, 6) is 1.13. The van der Waals surface area contributed by atoms with Gasteiger partial charge >= 0.3 is 0 Å². The smallest absolute Gasteiger partial charge is 0.257 e. The molecule has 3 saturated heterocycles. The summed E-state index contributed by atoms with van der Waals surface area (Å²) < 4.78 is 10.3. The van der Waals surface area contributed by atoms with E-state index in [1.807, 2.05) is 45.4 Å². The second kappa shape index (κ2) is 7.64. The first-order valence-electron chi connectivity index (χ1n) is 12.2. The van der Waals surface area contributed by atoms with E-state index in [1.54, 1.807) is 12.7 Å². The standard InChI is InChI=1S/C26H27N7O2/c1-30-15-20(28-17-30)19-7-9-22(33-24(19)27-16-29-33)31-13-11-26(12-14-31)25(34)32-21(8-10-23(32)35-26)18-5-3-2-4-6-18/h2-7,9,15-17,21,23H,8,10-14H2,1H3/t21-,23+/m0/s1. The molecular weight excluding hydrogens is 442 g/mol. The Morgan fingerprint density at radius 3 is 2.63 bits per heavy atom. The van der Waals surface area contributed by atoms with Crippen LogP contribution in [0.25, 0.3) is 16.9 Å². The van der Waals surface area contributed by atoms with Crippen molar-refractivity contribution >= 4 is 17.4 Å². The topological polar surface area (TPSA) is 80.8 Å². The van der Waals surface area contributed by atoms with Crippen LogP contribution in [-0.4, -0.2) is 59.9 Å². The third-order valence-corrected chi connectivity index (χ3v) is 7.78. The Kier molecular flexibility index (Phi) is 4.51. The number of fused-ring (bicyclic) bond motifs is 2. The minimum atomic E-state index is -0.718. The molecule has 9 nitrogen and oxygen atoms in total. The summed E-state index contributed by atoms with van der Waals surface area (Å²) in [6, 6.07) is 14.6. The molecular formula is C26H27N7O2. The lowest BCUT2D eigenvalue weighted by atomic mass is 9.89. The number of carbonyl (C=O) groups excluding carboxylic acids is 1. The van der Waals surface area contributed by atoms with Gasteiger partial charge in [-0.25, -0.2) is 9.97 Å². The van der Waals surface area contributed by atoms with Crippen molar-refractivity contribution in [1.29, 1.82) is 0 Å². The molecule has 1 aromatic carbocycles. The van der Waals surface area contributed by atoms with Crippen molar-refractivity contribution in [3.8, 4) is 11.3 Å². The van der Waals surface area contributed by atoms with Crippen molar-refractivity contribution in [2.45, 2.75) is 43.6 Å². The first kappa shape index (κ1) is 20.6. The normalized spacial score (nSPS) is 23.5. The van der Waals surface area contributed by atoms with E-state index in [0.29, 0.717) is 12.8 Å². The number of piperidine rings is 1. The Bertz CT molecular complexity index is 1400. The Balaban J connectivity index is 1.13. The minimum absolute atomic E-state index is 0.111. The van der Waals surface area contributed by atoms with E-state index in [4.69, 9.17) is 4.74 Å². The third-order valence-electron chi connectivity index (χ3n) is 7.78. The molecule has 6 heterocycles. The molecule has 0 aliphatic carbocycles. The predicted octanol–water partition coefficient (Wildman–Crippen LogP) is 3.19. The number of benzene rings is 1. The van der Waals surface area contributed by atoms with Crippen molar-refractivity contribution in [2.75, 3.05) is 18.0 Å². The highest BCUT2D eigenvalue weighted by Gasteiger charge is 2.58. The van der Waals surface area contributed by atoms with Gasteiger partial charge in [-0.3, -0.25) is 4.79 Å². The second-order valence-electron chi connectivity index (χ2n) is 9.80. The van der Waals surface area contributed by atoms with E-state index in [2.05, 4.69) is 44.2 Å². The van der Waals surface area contributed by atoms with Gasteiger partial charge in [-0.05, 0) is 30.5 Å². The van der Waals surface area contributed by atoms with E-state index in [-0.39, 0.29) is 18.2 Å². The molecule has 7 rings (SSSR count). The summed E-state index contributed by atoms with van der Waals surface area (Å²) in [4.78, 5) is 27.0. The number of hydrogen-bond donors (Lipinski definition) is 0. The van der Waals surface area contributed by atoms with Crippen LogP contribution in [-0.2, 0) is 16.6 Å². The number of imidazole rings is 1. The molecule has 9 heteroatoms. The van der Waals surface area contributed by atoms with E-state index in [9.17, 15) is 4.79 Å². The highest BCUT2D eigenvalue weighted by molar-refractivity contribution is 5.88. The van der Waals surface area contributed by atoms with Crippen molar-refractivity contribution in [3.63, 3.8) is 0 Å². The van der Waals surface area contributed by atoms with Crippen LogP contribution in [0.2, 0.25) is 0 Å². The summed E-state index contributed by atoms with van der Waals surface area (Å²) in [5, 5.41) is 4.50. The van der Waals surface area contributed by atoms with Crippen LogP contribution in [0, 0.1) is 0 Å². The molecule has 1 amide bonds. The van der Waals surface area contributed by atoms with Gasteiger partial charge in [-0.2, -0.15) is 9.61 Å². The fraction of sp³-hybridized carbons (Fsp3) is 0.385. The number of amides is 1. The predicted molar refractivity (Wildman–Crippen MR) is 130 cm³/mol. The maximum Gasteiger partial charge on any atom is 0.257 e. The van der Waals surface area contributed by atoms with Crippen molar-refractivity contribution in [1.82, 2.24) is 29.0 Å². The Morgan fingerprint density at radius 1 is 1.03 bits per heavy atom. The van der Waals surface area contributed by atoms with Crippen LogP contribution < -0.4 is 4.90 Å². The molecule has 0 unspecified atom stereocenters. The Labute approximate surface area is 203 Å². The summed E-state index contributed by atoms with van der Waals surface area (Å²) in [6.45, 7) is 1.44. The number of hydrogen-bond acceptors (Lipinski definition) is 6. The van der Waals surface area contributed by atoms with Gasteiger partial charge in [0, 0.05) is 44.7 Å². The van der Waals surface area contributed by atoms with Gasteiger partial charge in [0.1, 0.15) is 18.4 Å². The molecule has 0 bridgehead atoms. The fourth-order valence-corrected chi connectivity index (χ4v) is 6.03. The lowest BCUT2D eigenvalue weighted by Crippen LogP contribution is -2.50. The molecule has 2 atom stereocenters. The number of rotatable bonds is 3. The minimum Gasteiger partial charge on any atom is -0.356 e. The zero-order chi connectivity index (χ0) is 23.6.